The fraction of sp³-hybridized carbons (Fsp3) is 0.185. The van der Waals surface area contributed by atoms with E-state index in [0.29, 0.717) is 39.7 Å². The monoisotopic (exact) mass is 531 g/mol. The summed E-state index contributed by atoms with van der Waals surface area (Å²) in [5.41, 5.74) is 2.26. The van der Waals surface area contributed by atoms with E-state index in [1.807, 2.05) is 49.4 Å². The molecule has 0 radical (unpaired) electrons. The lowest BCUT2D eigenvalue weighted by molar-refractivity contribution is -0.117. The second-order valence-corrected chi connectivity index (χ2v) is 9.25. The Hall–Kier alpha value is -4.64. The van der Waals surface area contributed by atoms with Crippen LogP contribution in [0.4, 0.5) is 15.6 Å². The van der Waals surface area contributed by atoms with E-state index in [0.717, 1.165) is 11.1 Å². The number of benzene rings is 3. The summed E-state index contributed by atoms with van der Waals surface area (Å²) in [7, 11) is 0. The van der Waals surface area contributed by atoms with Crippen LogP contribution in [0.15, 0.2) is 72.8 Å². The molecule has 2 heterocycles. The van der Waals surface area contributed by atoms with Crippen LogP contribution in [0, 0.1) is 0 Å². The first-order valence-electron chi connectivity index (χ1n) is 12.0. The van der Waals surface area contributed by atoms with Crippen LogP contribution < -0.4 is 30.2 Å². The summed E-state index contributed by atoms with van der Waals surface area (Å²) in [5, 5.41) is 17.5. The molecule has 0 spiro atoms. The Balaban J connectivity index is 1.27. The van der Waals surface area contributed by atoms with Gasteiger partial charge in [0.1, 0.15) is 16.8 Å². The molecule has 1 atom stereocenters. The van der Waals surface area contributed by atoms with Crippen molar-refractivity contribution < 1.29 is 23.8 Å². The van der Waals surface area contributed by atoms with E-state index in [4.69, 9.17) is 14.2 Å². The summed E-state index contributed by atoms with van der Waals surface area (Å²) in [4.78, 5) is 26.0. The minimum absolute atomic E-state index is 0.179. The molecule has 0 aliphatic carbocycles. The lowest BCUT2D eigenvalue weighted by atomic mass is 10.1. The number of amides is 3. The van der Waals surface area contributed by atoms with E-state index in [9.17, 15) is 9.59 Å². The molecular formula is C27H25N5O5S. The Bertz CT molecular complexity index is 1410. The van der Waals surface area contributed by atoms with Crippen molar-refractivity contribution in [1.29, 1.82) is 0 Å². The zero-order valence-electron chi connectivity index (χ0n) is 20.5. The molecule has 1 aromatic heterocycles. The first kappa shape index (κ1) is 25.0. The molecule has 0 unspecified atom stereocenters. The van der Waals surface area contributed by atoms with Crippen LogP contribution in [0.3, 0.4) is 0 Å². The van der Waals surface area contributed by atoms with Gasteiger partial charge in [0, 0.05) is 17.7 Å². The summed E-state index contributed by atoms with van der Waals surface area (Å²) < 4.78 is 16.2. The lowest BCUT2D eigenvalue weighted by Gasteiger charge is -2.18. The number of ether oxygens (including phenoxy) is 3. The third-order valence-electron chi connectivity index (χ3n) is 5.60. The van der Waals surface area contributed by atoms with Gasteiger partial charge in [0.2, 0.25) is 17.8 Å². The highest BCUT2D eigenvalue weighted by molar-refractivity contribution is 7.18. The normalized spacial score (nSPS) is 12.4. The predicted molar refractivity (Wildman–Crippen MR) is 144 cm³/mol. The number of anilines is 2. The number of hydrogen-bond acceptors (Lipinski definition) is 8. The van der Waals surface area contributed by atoms with E-state index in [1.54, 1.807) is 30.3 Å². The molecule has 4 aromatic rings. The number of carbonyl (C=O) groups excluding carboxylic acids is 2. The summed E-state index contributed by atoms with van der Waals surface area (Å²) >= 11 is 1.22. The molecule has 10 nitrogen and oxygen atoms in total. The van der Waals surface area contributed by atoms with Crippen molar-refractivity contribution in [1.82, 2.24) is 15.5 Å². The maximum absolute atomic E-state index is 13.3. The van der Waals surface area contributed by atoms with Crippen molar-refractivity contribution in [2.45, 2.75) is 19.4 Å². The van der Waals surface area contributed by atoms with Gasteiger partial charge in [0.25, 0.3) is 0 Å². The maximum atomic E-state index is 13.3. The summed E-state index contributed by atoms with van der Waals surface area (Å²) in [6.45, 7) is 2.63. The molecule has 0 fully saturated rings. The van der Waals surface area contributed by atoms with Crippen LogP contribution >= 0.6 is 11.3 Å². The average Bonchev–Trinajstić information content (AvgIpc) is 3.59. The van der Waals surface area contributed by atoms with E-state index < -0.39 is 18.0 Å². The van der Waals surface area contributed by atoms with Gasteiger partial charge < -0.3 is 24.8 Å². The number of nitrogens with one attached hydrogen (secondary N) is 3. The molecule has 0 bridgehead atoms. The number of aromatic nitrogens is 2. The van der Waals surface area contributed by atoms with Crippen molar-refractivity contribution >= 4 is 34.1 Å². The number of nitrogens with zero attached hydrogens (tertiary/aromatic N) is 2. The SMILES string of the molecule is CCOc1ccc(NC(=O)N[C@@H](Cc2ccccc2)C(=O)Nc2nnc(-c3ccc4c(c3)OCO4)s2)cc1. The minimum atomic E-state index is -0.863. The Morgan fingerprint density at radius 3 is 2.55 bits per heavy atom. The van der Waals surface area contributed by atoms with Gasteiger partial charge in [-0.1, -0.05) is 41.7 Å². The number of hydrogen-bond donors (Lipinski definition) is 3. The Morgan fingerprint density at radius 2 is 1.76 bits per heavy atom. The van der Waals surface area contributed by atoms with Crippen LogP contribution in [-0.4, -0.2) is 41.6 Å². The molecule has 194 valence electrons. The minimum Gasteiger partial charge on any atom is -0.494 e. The largest absolute Gasteiger partial charge is 0.494 e. The highest BCUT2D eigenvalue weighted by Gasteiger charge is 2.23. The smallest absolute Gasteiger partial charge is 0.319 e. The molecular weight excluding hydrogens is 506 g/mol. The molecule has 3 amide bonds. The first-order valence-corrected chi connectivity index (χ1v) is 12.8. The van der Waals surface area contributed by atoms with Crippen LogP contribution in [0.5, 0.6) is 17.2 Å². The predicted octanol–water partition coefficient (Wildman–Crippen LogP) is 4.70. The van der Waals surface area contributed by atoms with Gasteiger partial charge in [0.15, 0.2) is 11.5 Å². The number of urea groups is 1. The van der Waals surface area contributed by atoms with Crippen molar-refractivity contribution in [2.75, 3.05) is 24.0 Å². The summed E-state index contributed by atoms with van der Waals surface area (Å²) in [5.74, 6) is 1.60. The quantitative estimate of drug-likeness (QED) is 0.286. The number of carbonyl (C=O) groups is 2. The van der Waals surface area contributed by atoms with Gasteiger partial charge in [-0.15, -0.1) is 10.2 Å². The van der Waals surface area contributed by atoms with Crippen molar-refractivity contribution in [3.63, 3.8) is 0 Å². The lowest BCUT2D eigenvalue weighted by Crippen LogP contribution is -2.46. The fourth-order valence-corrected chi connectivity index (χ4v) is 4.54. The molecule has 0 saturated carbocycles. The molecule has 11 heteroatoms. The van der Waals surface area contributed by atoms with E-state index in [1.165, 1.54) is 11.3 Å². The first-order chi connectivity index (χ1) is 18.6. The Morgan fingerprint density at radius 1 is 0.974 bits per heavy atom. The molecule has 3 N–H and O–H groups in total. The van der Waals surface area contributed by atoms with Crippen molar-refractivity contribution in [3.8, 4) is 27.8 Å². The summed E-state index contributed by atoms with van der Waals surface area (Å²) in [6, 6.07) is 20.5. The topological polar surface area (TPSA) is 124 Å². The van der Waals surface area contributed by atoms with E-state index in [2.05, 4.69) is 26.1 Å². The van der Waals surface area contributed by atoms with Crippen LogP contribution in [-0.2, 0) is 11.2 Å². The van der Waals surface area contributed by atoms with Gasteiger partial charge in [0.05, 0.1) is 6.61 Å². The molecule has 5 rings (SSSR count). The highest BCUT2D eigenvalue weighted by atomic mass is 32.1. The molecule has 1 aliphatic rings. The van der Waals surface area contributed by atoms with Crippen molar-refractivity contribution in [2.24, 2.45) is 0 Å². The second-order valence-electron chi connectivity index (χ2n) is 8.27. The second kappa shape index (κ2) is 11.6. The molecule has 38 heavy (non-hydrogen) atoms. The molecule has 1 aliphatic heterocycles. The zero-order chi connectivity index (χ0) is 26.3. The van der Waals surface area contributed by atoms with Gasteiger partial charge in [-0.05, 0) is 55.0 Å². The van der Waals surface area contributed by atoms with Gasteiger partial charge in [-0.25, -0.2) is 4.79 Å². The molecule has 0 saturated heterocycles. The average molecular weight is 532 g/mol. The summed E-state index contributed by atoms with van der Waals surface area (Å²) in [6.07, 6.45) is 0.289. The maximum Gasteiger partial charge on any atom is 0.319 e. The number of rotatable bonds is 9. The van der Waals surface area contributed by atoms with Gasteiger partial charge in [-0.3, -0.25) is 10.1 Å². The highest BCUT2D eigenvalue weighted by Crippen LogP contribution is 2.37. The zero-order valence-corrected chi connectivity index (χ0v) is 21.3. The van der Waals surface area contributed by atoms with E-state index >= 15 is 0 Å². The van der Waals surface area contributed by atoms with E-state index in [-0.39, 0.29) is 13.2 Å². The number of fused-ring (bicyclic) bond motifs is 1. The third kappa shape index (κ3) is 6.19. The Kier molecular flexibility index (Phi) is 7.65. The van der Waals surface area contributed by atoms with Crippen LogP contribution in [0.2, 0.25) is 0 Å². The third-order valence-corrected chi connectivity index (χ3v) is 6.49. The van der Waals surface area contributed by atoms with Gasteiger partial charge in [-0.2, -0.15) is 0 Å². The fourth-order valence-electron chi connectivity index (χ4n) is 3.80. The standard InChI is InChI=1S/C27H25N5O5S/c1-2-35-20-11-9-19(10-12-20)28-26(34)29-21(14-17-6-4-3-5-7-17)24(33)30-27-32-31-25(38-27)18-8-13-22-23(15-18)37-16-36-22/h3-13,15,21H,2,14,16H2,1H3,(H2,28,29,34)(H,30,32,33)/t21-/m0/s1. The van der Waals surface area contributed by atoms with Crippen LogP contribution in [0.25, 0.3) is 10.6 Å². The Labute approximate surface area is 223 Å². The van der Waals surface area contributed by atoms with Gasteiger partial charge >= 0.3 is 6.03 Å². The van der Waals surface area contributed by atoms with Crippen molar-refractivity contribution in [3.05, 3.63) is 78.4 Å². The van der Waals surface area contributed by atoms with Crippen LogP contribution in [0.1, 0.15) is 12.5 Å². The molecule has 3 aromatic carbocycles.